The zero-order chi connectivity index (χ0) is 31.9. The van der Waals surface area contributed by atoms with Crippen LogP contribution in [0.4, 0.5) is 15.5 Å². The number of carbonyl (C=O) groups excluding carboxylic acids is 3. The van der Waals surface area contributed by atoms with E-state index in [4.69, 9.17) is 4.74 Å². The molecule has 45 heavy (non-hydrogen) atoms. The SMILES string of the molecule is C[C@H]1[C@H]([Si](C)(C)F)[C@@H](CC(=O)N(CCO)Cc2ccccc2)O[C@]12C(=O)N(Cc1cccc(N3CCC3=O)c1)c1ccccc12. The first kappa shape index (κ1) is 31.1. The van der Waals surface area contributed by atoms with Crippen molar-refractivity contribution in [3.63, 3.8) is 0 Å². The van der Waals surface area contributed by atoms with Crippen LogP contribution in [0.15, 0.2) is 78.9 Å². The van der Waals surface area contributed by atoms with Crippen molar-refractivity contribution >= 4 is 37.5 Å². The molecule has 3 aromatic rings. The highest BCUT2D eigenvalue weighted by atomic mass is 28.4. The third-order valence-corrected chi connectivity index (χ3v) is 12.1. The molecule has 3 aliphatic rings. The third-order valence-electron chi connectivity index (χ3n) is 9.60. The van der Waals surface area contributed by atoms with Crippen LogP contribution in [0.5, 0.6) is 0 Å². The summed E-state index contributed by atoms with van der Waals surface area (Å²) in [6, 6.07) is 24.6. The second-order valence-electron chi connectivity index (χ2n) is 12.9. The van der Waals surface area contributed by atoms with Crippen LogP contribution in [0.25, 0.3) is 0 Å². The number of para-hydroxylation sites is 1. The summed E-state index contributed by atoms with van der Waals surface area (Å²) in [5.74, 6) is -0.964. The molecule has 0 aliphatic carbocycles. The van der Waals surface area contributed by atoms with Crippen molar-refractivity contribution in [3.8, 4) is 0 Å². The largest absolute Gasteiger partial charge is 0.395 e. The summed E-state index contributed by atoms with van der Waals surface area (Å²) in [5.41, 5.74) is 1.92. The van der Waals surface area contributed by atoms with Crippen molar-refractivity contribution in [3.05, 3.63) is 95.6 Å². The van der Waals surface area contributed by atoms with Gasteiger partial charge in [-0.15, -0.1) is 0 Å². The Hall–Kier alpha value is -3.86. The monoisotopic (exact) mass is 629 g/mol. The number of nitrogens with zero attached hydrogens (tertiary/aromatic N) is 3. The first-order valence-corrected chi connectivity index (χ1v) is 18.6. The Kier molecular flexibility index (Phi) is 8.40. The standard InChI is InChI=1S/C35H40FN3O5Si/c1-24-33(45(2,3)36)30(21-32(42)37(18-19-40)22-25-10-5-4-6-11-25)44-35(24)28-14-7-8-15-29(28)39(34(35)43)23-26-12-9-13-27(20-26)38-17-16-31(38)41/h4-15,20,24,30,33,40H,16-19,21-23H2,1-3H3/t24-,30+,33-,35+/m0/s1. The van der Waals surface area contributed by atoms with Crippen LogP contribution >= 0.6 is 0 Å². The summed E-state index contributed by atoms with van der Waals surface area (Å²) < 4.78 is 23.0. The molecular formula is C35H40FN3O5Si. The molecule has 236 valence electrons. The molecule has 0 saturated carbocycles. The molecule has 10 heteroatoms. The molecule has 3 amide bonds. The molecule has 4 atom stereocenters. The van der Waals surface area contributed by atoms with Gasteiger partial charge in [-0.1, -0.05) is 67.6 Å². The van der Waals surface area contributed by atoms with Gasteiger partial charge in [0.25, 0.3) is 5.91 Å². The Morgan fingerprint density at radius 1 is 1.04 bits per heavy atom. The summed E-state index contributed by atoms with van der Waals surface area (Å²) in [4.78, 5) is 45.5. The van der Waals surface area contributed by atoms with Gasteiger partial charge in [0.2, 0.25) is 20.2 Å². The van der Waals surface area contributed by atoms with E-state index in [-0.39, 0.29) is 43.8 Å². The van der Waals surface area contributed by atoms with E-state index in [1.54, 1.807) is 27.8 Å². The van der Waals surface area contributed by atoms with E-state index in [1.807, 2.05) is 85.8 Å². The number of rotatable bonds is 10. The van der Waals surface area contributed by atoms with Crippen LogP contribution in [0, 0.1) is 5.92 Å². The number of halogens is 1. The van der Waals surface area contributed by atoms with Crippen molar-refractivity contribution in [2.24, 2.45) is 5.92 Å². The van der Waals surface area contributed by atoms with Gasteiger partial charge in [0, 0.05) is 48.8 Å². The van der Waals surface area contributed by atoms with Gasteiger partial charge in [0.1, 0.15) is 0 Å². The predicted octanol–water partition coefficient (Wildman–Crippen LogP) is 5.16. The highest BCUT2D eigenvalue weighted by Crippen LogP contribution is 2.60. The number of amides is 3. The summed E-state index contributed by atoms with van der Waals surface area (Å²) in [7, 11) is -3.46. The second-order valence-corrected chi connectivity index (χ2v) is 16.7. The number of anilines is 2. The Morgan fingerprint density at radius 3 is 2.42 bits per heavy atom. The molecule has 3 aliphatic heterocycles. The average molecular weight is 630 g/mol. The normalized spacial score (nSPS) is 24.2. The van der Waals surface area contributed by atoms with E-state index in [2.05, 4.69) is 0 Å². The Labute approximate surface area is 264 Å². The maximum atomic E-state index is 16.3. The first-order valence-electron chi connectivity index (χ1n) is 15.6. The first-order chi connectivity index (χ1) is 21.5. The van der Waals surface area contributed by atoms with Crippen molar-refractivity contribution in [2.45, 2.75) is 63.2 Å². The molecular weight excluding hydrogens is 589 g/mol. The van der Waals surface area contributed by atoms with Crippen molar-refractivity contribution in [1.82, 2.24) is 4.90 Å². The minimum absolute atomic E-state index is 0.0767. The molecule has 0 radical (unpaired) electrons. The highest BCUT2D eigenvalue weighted by molar-refractivity contribution is 6.72. The van der Waals surface area contributed by atoms with Crippen LogP contribution < -0.4 is 9.80 Å². The van der Waals surface area contributed by atoms with E-state index in [1.165, 1.54) is 0 Å². The van der Waals surface area contributed by atoms with E-state index in [0.29, 0.717) is 30.8 Å². The summed E-state index contributed by atoms with van der Waals surface area (Å²) in [5, 5.41) is 9.74. The third kappa shape index (κ3) is 5.60. The number of β-lactam (4-membered cyclic amide) rings is 1. The molecule has 3 heterocycles. The molecule has 2 fully saturated rings. The fraction of sp³-hybridized carbons (Fsp3) is 0.400. The zero-order valence-corrected chi connectivity index (χ0v) is 27.0. The van der Waals surface area contributed by atoms with E-state index < -0.39 is 31.6 Å². The number of carbonyl (C=O) groups is 3. The lowest BCUT2D eigenvalue weighted by atomic mass is 9.82. The van der Waals surface area contributed by atoms with Crippen molar-refractivity contribution in [2.75, 3.05) is 29.5 Å². The number of hydrogen-bond donors (Lipinski definition) is 1. The minimum atomic E-state index is -3.46. The smallest absolute Gasteiger partial charge is 0.264 e. The van der Waals surface area contributed by atoms with Crippen LogP contribution in [0.2, 0.25) is 18.6 Å². The predicted molar refractivity (Wildman–Crippen MR) is 173 cm³/mol. The fourth-order valence-electron chi connectivity index (χ4n) is 7.47. The number of ether oxygens (including phenoxy) is 1. The molecule has 1 spiro atoms. The minimum Gasteiger partial charge on any atom is -0.395 e. The van der Waals surface area contributed by atoms with Gasteiger partial charge >= 0.3 is 0 Å². The number of aliphatic hydroxyl groups is 1. The molecule has 1 N–H and O–H groups in total. The van der Waals surface area contributed by atoms with E-state index in [9.17, 15) is 19.5 Å². The van der Waals surface area contributed by atoms with E-state index >= 15 is 4.11 Å². The quantitative estimate of drug-likeness (QED) is 0.190. The number of fused-ring (bicyclic) bond motifs is 2. The van der Waals surface area contributed by atoms with Gasteiger partial charge in [0.05, 0.1) is 31.4 Å². The Balaban J connectivity index is 1.31. The maximum absolute atomic E-state index is 16.3. The van der Waals surface area contributed by atoms with Gasteiger partial charge in [-0.2, -0.15) is 0 Å². The van der Waals surface area contributed by atoms with Crippen molar-refractivity contribution in [1.29, 1.82) is 0 Å². The van der Waals surface area contributed by atoms with Gasteiger partial charge < -0.3 is 28.7 Å². The molecule has 0 unspecified atom stereocenters. The topological polar surface area (TPSA) is 90.4 Å². The highest BCUT2D eigenvalue weighted by Gasteiger charge is 2.67. The van der Waals surface area contributed by atoms with E-state index in [0.717, 1.165) is 16.8 Å². The Morgan fingerprint density at radius 2 is 1.76 bits per heavy atom. The lowest BCUT2D eigenvalue weighted by Crippen LogP contribution is -2.45. The molecule has 0 aromatic heterocycles. The zero-order valence-electron chi connectivity index (χ0n) is 26.0. The lowest BCUT2D eigenvalue weighted by Gasteiger charge is -2.32. The second kappa shape index (κ2) is 12.1. The van der Waals surface area contributed by atoms with Crippen LogP contribution in [0.1, 0.15) is 36.5 Å². The Bertz CT molecular complexity index is 1600. The van der Waals surface area contributed by atoms with Gasteiger partial charge in [0.15, 0.2) is 5.60 Å². The number of hydrogen-bond acceptors (Lipinski definition) is 5. The van der Waals surface area contributed by atoms with Crippen LogP contribution in [0.3, 0.4) is 0 Å². The van der Waals surface area contributed by atoms with Crippen LogP contribution in [-0.2, 0) is 37.8 Å². The van der Waals surface area contributed by atoms with Crippen LogP contribution in [-0.4, -0.2) is 61.9 Å². The molecule has 3 aromatic carbocycles. The maximum Gasteiger partial charge on any atom is 0.264 e. The van der Waals surface area contributed by atoms with Gasteiger partial charge in [-0.05, 0) is 42.4 Å². The van der Waals surface area contributed by atoms with Gasteiger partial charge in [-0.25, -0.2) is 0 Å². The molecule has 8 nitrogen and oxygen atoms in total. The number of aliphatic hydroxyl groups excluding tert-OH is 1. The average Bonchev–Trinajstić information content (AvgIpc) is 3.43. The lowest BCUT2D eigenvalue weighted by molar-refractivity contribution is -0.150. The summed E-state index contributed by atoms with van der Waals surface area (Å²) in [6.45, 7) is 6.30. The van der Waals surface area contributed by atoms with Gasteiger partial charge in [-0.3, -0.25) is 14.4 Å². The molecule has 6 rings (SSSR count). The van der Waals surface area contributed by atoms with Crippen molar-refractivity contribution < 1.29 is 28.3 Å². The molecule has 2 saturated heterocycles. The fourth-order valence-corrected chi connectivity index (χ4v) is 9.96. The summed E-state index contributed by atoms with van der Waals surface area (Å²) >= 11 is 0. The number of benzene rings is 3. The molecule has 0 bridgehead atoms. The summed E-state index contributed by atoms with van der Waals surface area (Å²) in [6.07, 6.45) is -0.372.